The van der Waals surface area contributed by atoms with Crippen LogP contribution < -0.4 is 16.0 Å². The van der Waals surface area contributed by atoms with E-state index in [0.717, 1.165) is 28.5 Å². The van der Waals surface area contributed by atoms with E-state index >= 15 is 0 Å². The number of benzene rings is 2. The Bertz CT molecular complexity index is 1090. The topological polar surface area (TPSA) is 86.7 Å². The number of ether oxygens (including phenoxy) is 1. The Labute approximate surface area is 199 Å². The Balaban J connectivity index is 1.46. The van der Waals surface area contributed by atoms with Crippen LogP contribution in [-0.4, -0.2) is 52.2 Å². The summed E-state index contributed by atoms with van der Waals surface area (Å²) in [5, 5.41) is 10.1. The highest BCUT2D eigenvalue weighted by Gasteiger charge is 2.17. The van der Waals surface area contributed by atoms with Crippen LogP contribution in [0.3, 0.4) is 0 Å². The van der Waals surface area contributed by atoms with Crippen LogP contribution in [0.4, 0.5) is 23.0 Å². The first-order valence-electron chi connectivity index (χ1n) is 10.8. The quantitative estimate of drug-likeness (QED) is 0.301. The van der Waals surface area contributed by atoms with Crippen LogP contribution in [0.15, 0.2) is 65.7 Å². The van der Waals surface area contributed by atoms with Crippen LogP contribution in [0, 0.1) is 13.8 Å². The fourth-order valence-corrected chi connectivity index (χ4v) is 3.61. The predicted octanol–water partition coefficient (Wildman–Crippen LogP) is 4.33. The van der Waals surface area contributed by atoms with E-state index < -0.39 is 0 Å². The fourth-order valence-electron chi connectivity index (χ4n) is 3.41. The second kappa shape index (κ2) is 10.8. The van der Waals surface area contributed by atoms with Crippen LogP contribution in [0.25, 0.3) is 0 Å². The summed E-state index contributed by atoms with van der Waals surface area (Å²) in [6.45, 7) is 6.55. The zero-order chi connectivity index (χ0) is 23.0. The average Bonchev–Trinajstić information content (AvgIpc) is 2.80. The molecule has 170 valence electrons. The number of nitrogens with one attached hydrogen (secondary N) is 3. The molecular formula is C24H27N7OS. The molecule has 0 aliphatic carbocycles. The van der Waals surface area contributed by atoms with Gasteiger partial charge in [-0.3, -0.25) is 5.32 Å². The number of aryl methyl sites for hydroxylation is 2. The highest BCUT2D eigenvalue weighted by atomic mass is 32.1. The molecule has 1 saturated heterocycles. The van der Waals surface area contributed by atoms with E-state index in [0.29, 0.717) is 43.3 Å². The molecule has 0 bridgehead atoms. The minimum atomic E-state index is 0.345. The van der Waals surface area contributed by atoms with Gasteiger partial charge in [0.15, 0.2) is 0 Å². The summed E-state index contributed by atoms with van der Waals surface area (Å²) in [5.74, 6) is 1.10. The Morgan fingerprint density at radius 3 is 2.15 bits per heavy atom. The molecule has 9 heteroatoms. The average molecular weight is 462 g/mol. The van der Waals surface area contributed by atoms with Gasteiger partial charge in [0.2, 0.25) is 17.0 Å². The zero-order valence-electron chi connectivity index (χ0n) is 18.7. The summed E-state index contributed by atoms with van der Waals surface area (Å²) in [6.07, 6.45) is 0. The second-order valence-electron chi connectivity index (χ2n) is 7.63. The van der Waals surface area contributed by atoms with Gasteiger partial charge in [-0.15, -0.1) is 0 Å². The van der Waals surface area contributed by atoms with E-state index in [1.165, 1.54) is 0 Å². The molecule has 4 rings (SSSR count). The molecule has 0 unspecified atom stereocenters. The smallest absolute Gasteiger partial charge is 0.229 e. The van der Waals surface area contributed by atoms with Crippen molar-refractivity contribution in [2.24, 2.45) is 4.99 Å². The Kier molecular flexibility index (Phi) is 7.43. The van der Waals surface area contributed by atoms with E-state index in [-0.39, 0.29) is 0 Å². The monoisotopic (exact) mass is 461 g/mol. The van der Waals surface area contributed by atoms with Gasteiger partial charge in [0.1, 0.15) is 0 Å². The van der Waals surface area contributed by atoms with Crippen molar-refractivity contribution < 1.29 is 4.74 Å². The molecule has 0 spiro atoms. The summed E-state index contributed by atoms with van der Waals surface area (Å²) >= 11 is 5.53. The molecule has 0 radical (unpaired) electrons. The Hall–Kier alpha value is -3.56. The molecule has 2 aromatic carbocycles. The molecule has 3 N–H and O–H groups in total. The largest absolute Gasteiger partial charge is 0.378 e. The number of anilines is 4. The minimum Gasteiger partial charge on any atom is -0.378 e. The molecule has 0 saturated carbocycles. The van der Waals surface area contributed by atoms with Crippen molar-refractivity contribution >= 4 is 46.3 Å². The third kappa shape index (κ3) is 6.71. The van der Waals surface area contributed by atoms with Crippen molar-refractivity contribution in [3.8, 4) is 0 Å². The van der Waals surface area contributed by atoms with Crippen molar-refractivity contribution in [3.63, 3.8) is 0 Å². The molecule has 1 aliphatic rings. The van der Waals surface area contributed by atoms with Crippen molar-refractivity contribution in [3.05, 3.63) is 72.1 Å². The van der Waals surface area contributed by atoms with E-state index in [1.54, 1.807) is 0 Å². The van der Waals surface area contributed by atoms with E-state index in [9.17, 15) is 0 Å². The highest BCUT2D eigenvalue weighted by molar-refractivity contribution is 7.80. The first kappa shape index (κ1) is 22.6. The standard InChI is InChI=1S/C24H27N7OS/c1-17-16-18(2)26-22(25-17)29-23(31-12-14-32-15-13-31)30-24(33)28-21-10-8-20(9-11-21)27-19-6-4-3-5-7-19/h3-11,16,27H,12-15H2,1-2H3,(H2,25,26,28,29,30,33). The molecule has 3 aromatic rings. The first-order chi connectivity index (χ1) is 16.0. The number of aromatic nitrogens is 2. The Morgan fingerprint density at radius 1 is 0.879 bits per heavy atom. The van der Waals surface area contributed by atoms with Crippen LogP contribution in [0.2, 0.25) is 0 Å². The number of morpholine rings is 1. The molecule has 0 atom stereocenters. The molecule has 8 nitrogen and oxygen atoms in total. The summed E-state index contributed by atoms with van der Waals surface area (Å²) < 4.78 is 5.48. The summed E-state index contributed by atoms with van der Waals surface area (Å²) in [5.41, 5.74) is 4.65. The summed E-state index contributed by atoms with van der Waals surface area (Å²) in [7, 11) is 0. The zero-order valence-corrected chi connectivity index (χ0v) is 19.5. The molecule has 2 heterocycles. The van der Waals surface area contributed by atoms with Crippen LogP contribution >= 0.6 is 12.2 Å². The molecule has 0 amide bonds. The molecule has 1 aromatic heterocycles. The maximum absolute atomic E-state index is 5.53. The van der Waals surface area contributed by atoms with Gasteiger partial charge in [-0.1, -0.05) is 18.2 Å². The van der Waals surface area contributed by atoms with E-state index in [1.807, 2.05) is 74.5 Å². The maximum Gasteiger partial charge on any atom is 0.229 e. The number of rotatable bonds is 4. The molecular weight excluding hydrogens is 434 g/mol. The van der Waals surface area contributed by atoms with Crippen molar-refractivity contribution in [2.45, 2.75) is 13.8 Å². The molecule has 33 heavy (non-hydrogen) atoms. The highest BCUT2D eigenvalue weighted by Crippen LogP contribution is 2.19. The number of thiocarbonyl (C=S) groups is 1. The molecule has 1 fully saturated rings. The van der Waals surface area contributed by atoms with Crippen LogP contribution in [0.5, 0.6) is 0 Å². The van der Waals surface area contributed by atoms with Gasteiger partial charge in [0.25, 0.3) is 0 Å². The van der Waals surface area contributed by atoms with Gasteiger partial charge >= 0.3 is 0 Å². The van der Waals surface area contributed by atoms with Gasteiger partial charge in [0, 0.05) is 41.5 Å². The third-order valence-corrected chi connectivity index (χ3v) is 5.12. The SMILES string of the molecule is Cc1cc(C)nc(N/C(=N/C(=S)Nc2ccc(Nc3ccccc3)cc2)N2CCOCC2)n1. The second-order valence-corrected chi connectivity index (χ2v) is 8.02. The normalized spacial score (nSPS) is 14.0. The third-order valence-electron chi connectivity index (χ3n) is 4.92. The van der Waals surface area contributed by atoms with E-state index in [2.05, 4.69) is 35.8 Å². The number of guanidine groups is 1. The lowest BCUT2D eigenvalue weighted by Crippen LogP contribution is -2.45. The number of aliphatic imine (C=N–C) groups is 1. The lowest BCUT2D eigenvalue weighted by Gasteiger charge is -2.29. The Morgan fingerprint density at radius 2 is 1.48 bits per heavy atom. The van der Waals surface area contributed by atoms with Gasteiger partial charge in [0.05, 0.1) is 13.2 Å². The summed E-state index contributed by atoms with van der Waals surface area (Å²) in [6, 6.07) is 19.9. The van der Waals surface area contributed by atoms with Crippen LogP contribution in [0.1, 0.15) is 11.4 Å². The van der Waals surface area contributed by atoms with Crippen LogP contribution in [-0.2, 0) is 4.74 Å². The van der Waals surface area contributed by atoms with Crippen molar-refractivity contribution in [1.29, 1.82) is 0 Å². The maximum atomic E-state index is 5.53. The van der Waals surface area contributed by atoms with Gasteiger partial charge < -0.3 is 20.3 Å². The number of nitrogens with zero attached hydrogens (tertiary/aromatic N) is 4. The molecule has 1 aliphatic heterocycles. The first-order valence-corrected chi connectivity index (χ1v) is 11.2. The number of hydrogen-bond acceptors (Lipinski definition) is 5. The van der Waals surface area contributed by atoms with Gasteiger partial charge in [-0.05, 0) is 68.5 Å². The van der Waals surface area contributed by atoms with Crippen molar-refractivity contribution in [1.82, 2.24) is 14.9 Å². The predicted molar refractivity (Wildman–Crippen MR) is 137 cm³/mol. The van der Waals surface area contributed by atoms with Crippen molar-refractivity contribution in [2.75, 3.05) is 42.3 Å². The minimum absolute atomic E-state index is 0.345. The van der Waals surface area contributed by atoms with E-state index in [4.69, 9.17) is 17.0 Å². The lowest BCUT2D eigenvalue weighted by molar-refractivity contribution is 0.0680. The van der Waals surface area contributed by atoms with Gasteiger partial charge in [-0.2, -0.15) is 4.99 Å². The lowest BCUT2D eigenvalue weighted by atomic mass is 10.2. The number of para-hydroxylation sites is 1. The number of hydrogen-bond donors (Lipinski definition) is 3. The van der Waals surface area contributed by atoms with Gasteiger partial charge in [-0.25, -0.2) is 9.97 Å². The fraction of sp³-hybridized carbons (Fsp3) is 0.250. The summed E-state index contributed by atoms with van der Waals surface area (Å²) in [4.78, 5) is 15.7.